The molecule has 4 aromatic rings. The molecule has 0 radical (unpaired) electrons. The molecule has 2 aromatic carbocycles. The zero-order valence-corrected chi connectivity index (χ0v) is 10.2. The highest BCUT2D eigenvalue weighted by molar-refractivity contribution is 6.13. The van der Waals surface area contributed by atoms with E-state index in [1.807, 2.05) is 18.6 Å². The van der Waals surface area contributed by atoms with E-state index >= 15 is 0 Å². The molecule has 4 heteroatoms. The molecule has 0 aliphatic carbocycles. The summed E-state index contributed by atoms with van der Waals surface area (Å²) in [5.41, 5.74) is 3.31. The molecule has 0 unspecified atom stereocenters. The summed E-state index contributed by atoms with van der Waals surface area (Å²) >= 11 is 0. The molecule has 0 saturated heterocycles. The molecular weight excluding hydrogens is 246 g/mol. The number of aromatic nitrogens is 3. The maximum absolute atomic E-state index is 4.48. The number of benzene rings is 2. The summed E-state index contributed by atoms with van der Waals surface area (Å²) < 4.78 is 0. The van der Waals surface area contributed by atoms with Crippen molar-refractivity contribution in [3.05, 3.63) is 48.9 Å². The fourth-order valence-electron chi connectivity index (χ4n) is 2.41. The van der Waals surface area contributed by atoms with Gasteiger partial charge < -0.3 is 12.4 Å². The van der Waals surface area contributed by atoms with Gasteiger partial charge in [0.2, 0.25) is 6.33 Å². The van der Waals surface area contributed by atoms with Crippen LogP contribution in [-0.2, 0) is 0 Å². The van der Waals surface area contributed by atoms with E-state index in [2.05, 4.69) is 45.3 Å². The van der Waals surface area contributed by atoms with E-state index in [9.17, 15) is 0 Å². The minimum atomic E-state index is 0. The maximum atomic E-state index is 4.48. The molecule has 2 heterocycles. The van der Waals surface area contributed by atoms with Crippen LogP contribution >= 0.6 is 0 Å². The standard InChI is InChI=1S/C14H9N3.ClH/c1-2-9-3-4-11-10(13(9)15-7-1)5-6-12-14(11)17-8-16-12;/h1-8H,(H,16,17);1H. The van der Waals surface area contributed by atoms with Gasteiger partial charge in [-0.05, 0) is 24.3 Å². The lowest BCUT2D eigenvalue weighted by molar-refractivity contribution is -0.343. The van der Waals surface area contributed by atoms with E-state index < -0.39 is 0 Å². The second kappa shape index (κ2) is 3.96. The Hall–Kier alpha value is -2.13. The molecule has 0 aliphatic heterocycles. The van der Waals surface area contributed by atoms with Crippen LogP contribution in [0.25, 0.3) is 32.7 Å². The molecule has 18 heavy (non-hydrogen) atoms. The topological polar surface area (TPSA) is 42.8 Å². The Bertz CT molecular complexity index is 851. The predicted octanol–water partition coefficient (Wildman–Crippen LogP) is -0.313. The molecule has 0 amide bonds. The van der Waals surface area contributed by atoms with Crippen molar-refractivity contribution < 1.29 is 17.4 Å². The number of hydrogen-bond donors (Lipinski definition) is 1. The van der Waals surface area contributed by atoms with Crippen LogP contribution in [0.3, 0.4) is 0 Å². The Balaban J connectivity index is 0.000001000. The smallest absolute Gasteiger partial charge is 0.240 e. The Labute approximate surface area is 109 Å². The molecule has 0 atom stereocenters. The van der Waals surface area contributed by atoms with Crippen LogP contribution in [0.5, 0.6) is 0 Å². The fourth-order valence-corrected chi connectivity index (χ4v) is 2.41. The van der Waals surface area contributed by atoms with Crippen LogP contribution < -0.4 is 17.4 Å². The second-order valence-corrected chi connectivity index (χ2v) is 4.16. The summed E-state index contributed by atoms with van der Waals surface area (Å²) in [6.45, 7) is 0. The van der Waals surface area contributed by atoms with E-state index in [0.717, 1.165) is 16.6 Å². The second-order valence-electron chi connectivity index (χ2n) is 4.16. The Morgan fingerprint density at radius 2 is 1.89 bits per heavy atom. The zero-order valence-electron chi connectivity index (χ0n) is 9.44. The van der Waals surface area contributed by atoms with Crippen molar-refractivity contribution in [2.24, 2.45) is 0 Å². The van der Waals surface area contributed by atoms with Gasteiger partial charge in [-0.25, -0.2) is 9.97 Å². The van der Waals surface area contributed by atoms with Crippen LogP contribution in [-0.4, -0.2) is 9.97 Å². The first-order chi connectivity index (χ1) is 8.43. The van der Waals surface area contributed by atoms with E-state index in [4.69, 9.17) is 0 Å². The minimum absolute atomic E-state index is 0. The number of halogens is 1. The molecule has 0 fully saturated rings. The van der Waals surface area contributed by atoms with E-state index in [1.165, 1.54) is 16.2 Å². The van der Waals surface area contributed by atoms with Gasteiger partial charge in [-0.1, -0.05) is 12.1 Å². The van der Waals surface area contributed by atoms with Gasteiger partial charge >= 0.3 is 0 Å². The number of aromatic amines is 2. The van der Waals surface area contributed by atoms with Gasteiger partial charge in [0.15, 0.2) is 11.0 Å². The SMILES string of the molecule is [Cl-].c1cnc2c(c1)ccc1c2ccc2[nH]c[nH+]c21. The van der Waals surface area contributed by atoms with Crippen molar-refractivity contribution in [3.8, 4) is 0 Å². The van der Waals surface area contributed by atoms with Crippen molar-refractivity contribution in [1.29, 1.82) is 0 Å². The van der Waals surface area contributed by atoms with Gasteiger partial charge in [0.25, 0.3) is 0 Å². The number of imidazole rings is 1. The molecular formula is C14H10ClN3. The molecule has 0 saturated carbocycles. The van der Waals surface area contributed by atoms with Gasteiger partial charge in [-0.3, -0.25) is 4.98 Å². The summed E-state index contributed by atoms with van der Waals surface area (Å²) in [5, 5.41) is 3.57. The van der Waals surface area contributed by atoms with E-state index in [1.54, 1.807) is 0 Å². The number of nitrogens with zero attached hydrogens (tertiary/aromatic N) is 1. The highest BCUT2D eigenvalue weighted by atomic mass is 35.5. The summed E-state index contributed by atoms with van der Waals surface area (Å²) in [6, 6.07) is 12.5. The summed E-state index contributed by atoms with van der Waals surface area (Å²) in [6.07, 6.45) is 3.69. The molecule has 3 nitrogen and oxygen atoms in total. The summed E-state index contributed by atoms with van der Waals surface area (Å²) in [4.78, 5) is 10.9. The third kappa shape index (κ3) is 1.38. The van der Waals surface area contributed by atoms with Crippen LogP contribution in [0, 0.1) is 0 Å². The van der Waals surface area contributed by atoms with Crippen molar-refractivity contribution in [3.63, 3.8) is 0 Å². The van der Waals surface area contributed by atoms with Crippen LogP contribution in [0.4, 0.5) is 0 Å². The van der Waals surface area contributed by atoms with E-state index in [-0.39, 0.29) is 12.4 Å². The maximum Gasteiger partial charge on any atom is 0.240 e. The Kier molecular flexibility index (Phi) is 2.42. The average Bonchev–Trinajstić information content (AvgIpc) is 2.86. The van der Waals surface area contributed by atoms with Gasteiger partial charge in [0, 0.05) is 22.4 Å². The third-order valence-corrected chi connectivity index (χ3v) is 3.21. The lowest BCUT2D eigenvalue weighted by Gasteiger charge is -2.01. The zero-order chi connectivity index (χ0) is 11.2. The number of H-pyrrole nitrogens is 2. The fraction of sp³-hybridized carbons (Fsp3) is 0. The van der Waals surface area contributed by atoms with Gasteiger partial charge in [-0.15, -0.1) is 0 Å². The van der Waals surface area contributed by atoms with Gasteiger partial charge in [-0.2, -0.15) is 0 Å². The number of rotatable bonds is 0. The first-order valence-corrected chi connectivity index (χ1v) is 5.59. The van der Waals surface area contributed by atoms with E-state index in [0.29, 0.717) is 0 Å². The Morgan fingerprint density at radius 3 is 2.83 bits per heavy atom. The van der Waals surface area contributed by atoms with Crippen molar-refractivity contribution >= 4 is 32.7 Å². The van der Waals surface area contributed by atoms with Crippen LogP contribution in [0.15, 0.2) is 48.9 Å². The first-order valence-electron chi connectivity index (χ1n) is 5.59. The molecule has 4 rings (SSSR count). The lowest BCUT2D eigenvalue weighted by Crippen LogP contribution is -3.00. The molecule has 2 N–H and O–H groups in total. The molecule has 0 aliphatic rings. The van der Waals surface area contributed by atoms with Crippen molar-refractivity contribution in [2.45, 2.75) is 0 Å². The lowest BCUT2D eigenvalue weighted by atomic mass is 10.1. The quantitative estimate of drug-likeness (QED) is 0.430. The minimum Gasteiger partial charge on any atom is -1.00 e. The third-order valence-electron chi connectivity index (χ3n) is 3.21. The van der Waals surface area contributed by atoms with Crippen LogP contribution in [0.1, 0.15) is 0 Å². The molecule has 2 aromatic heterocycles. The number of nitrogens with one attached hydrogen (secondary N) is 2. The number of fused-ring (bicyclic) bond motifs is 5. The van der Waals surface area contributed by atoms with Crippen molar-refractivity contribution in [2.75, 3.05) is 0 Å². The Morgan fingerprint density at radius 1 is 1.00 bits per heavy atom. The largest absolute Gasteiger partial charge is 1.00 e. The molecule has 88 valence electrons. The van der Waals surface area contributed by atoms with Gasteiger partial charge in [0.1, 0.15) is 0 Å². The van der Waals surface area contributed by atoms with Crippen molar-refractivity contribution in [1.82, 2.24) is 9.97 Å². The monoisotopic (exact) mass is 255 g/mol. The number of pyridine rings is 1. The average molecular weight is 256 g/mol. The summed E-state index contributed by atoms with van der Waals surface area (Å²) in [7, 11) is 0. The first kappa shape index (κ1) is 11.0. The molecule has 0 bridgehead atoms. The predicted molar refractivity (Wildman–Crippen MR) is 67.7 cm³/mol. The highest BCUT2D eigenvalue weighted by Gasteiger charge is 2.09. The van der Waals surface area contributed by atoms with Crippen LogP contribution in [0.2, 0.25) is 0 Å². The summed E-state index contributed by atoms with van der Waals surface area (Å²) in [5.74, 6) is 0. The highest BCUT2D eigenvalue weighted by Crippen LogP contribution is 2.27. The molecule has 0 spiro atoms. The number of hydrogen-bond acceptors (Lipinski definition) is 1. The van der Waals surface area contributed by atoms with Gasteiger partial charge in [0.05, 0.1) is 5.52 Å². The normalized spacial score (nSPS) is 10.9.